The number of carboxylic acids is 1. The van der Waals surface area contributed by atoms with Gasteiger partial charge < -0.3 is 5.11 Å². The summed E-state index contributed by atoms with van der Waals surface area (Å²) in [4.78, 5) is 29.5. The van der Waals surface area contributed by atoms with Crippen LogP contribution in [-0.4, -0.2) is 26.4 Å². The van der Waals surface area contributed by atoms with Gasteiger partial charge in [-0.15, -0.1) is 11.3 Å². The molecule has 0 atom stereocenters. The molecule has 2 aromatic heterocycles. The third kappa shape index (κ3) is 2.70. The minimum atomic E-state index is -0.920. The molecule has 2 aromatic rings. The van der Waals surface area contributed by atoms with Crippen LogP contribution in [0.1, 0.15) is 23.8 Å². The number of carbonyl (C=O) groups is 1. The van der Waals surface area contributed by atoms with Crippen LogP contribution in [0, 0.1) is 0 Å². The second-order valence-electron chi connectivity index (χ2n) is 5.46. The summed E-state index contributed by atoms with van der Waals surface area (Å²) >= 11 is 2.63. The SMILES string of the molecule is C=C(C)Cn1c(SCC(=O)O)nc2c3c(sc2c1=O)CCC3. The Balaban J connectivity index is 2.18. The Morgan fingerprint density at radius 2 is 2.27 bits per heavy atom. The zero-order valence-corrected chi connectivity index (χ0v) is 13.9. The van der Waals surface area contributed by atoms with Crippen LogP contribution in [0.2, 0.25) is 0 Å². The number of nitrogens with zero attached hydrogens (tertiary/aromatic N) is 2. The van der Waals surface area contributed by atoms with Crippen LogP contribution in [0.15, 0.2) is 22.1 Å². The van der Waals surface area contributed by atoms with Gasteiger partial charge in [0.15, 0.2) is 5.16 Å². The van der Waals surface area contributed by atoms with E-state index in [2.05, 4.69) is 11.6 Å². The first-order chi connectivity index (χ1) is 10.5. The smallest absolute Gasteiger partial charge is 0.313 e. The Bertz CT molecular complexity index is 835. The standard InChI is InChI=1S/C15H16N2O3S2/c1-8(2)6-17-14(20)13-12(9-4-3-5-10(9)22-13)16-15(17)21-7-11(18)19/h1,3-7H2,2H3,(H,18,19). The van der Waals surface area contributed by atoms with Crippen molar-refractivity contribution in [3.8, 4) is 0 Å². The van der Waals surface area contributed by atoms with E-state index >= 15 is 0 Å². The lowest BCUT2D eigenvalue weighted by atomic mass is 10.2. The molecular formula is C15H16N2O3S2. The minimum Gasteiger partial charge on any atom is -0.481 e. The molecule has 0 amide bonds. The zero-order chi connectivity index (χ0) is 15.9. The molecule has 2 heterocycles. The molecule has 5 nitrogen and oxygen atoms in total. The summed E-state index contributed by atoms with van der Waals surface area (Å²) < 4.78 is 2.23. The number of carboxylic acid groups (broad SMARTS) is 1. The van der Waals surface area contributed by atoms with Crippen LogP contribution >= 0.6 is 23.1 Å². The molecule has 1 aliphatic carbocycles. The predicted molar refractivity (Wildman–Crippen MR) is 89.1 cm³/mol. The zero-order valence-electron chi connectivity index (χ0n) is 12.2. The van der Waals surface area contributed by atoms with E-state index in [9.17, 15) is 9.59 Å². The van der Waals surface area contributed by atoms with Crippen molar-refractivity contribution in [2.45, 2.75) is 37.9 Å². The fraction of sp³-hybridized carbons (Fsp3) is 0.400. The number of hydrogen-bond donors (Lipinski definition) is 1. The van der Waals surface area contributed by atoms with E-state index < -0.39 is 5.97 Å². The highest BCUT2D eigenvalue weighted by atomic mass is 32.2. The summed E-state index contributed by atoms with van der Waals surface area (Å²) in [5.41, 5.74) is 2.70. The van der Waals surface area contributed by atoms with Gasteiger partial charge in [0.1, 0.15) is 4.70 Å². The first kappa shape index (κ1) is 15.3. The van der Waals surface area contributed by atoms with E-state index in [1.807, 2.05) is 6.92 Å². The van der Waals surface area contributed by atoms with E-state index in [4.69, 9.17) is 5.11 Å². The minimum absolute atomic E-state index is 0.0831. The molecule has 0 radical (unpaired) electrons. The van der Waals surface area contributed by atoms with Crippen molar-refractivity contribution >= 4 is 39.3 Å². The largest absolute Gasteiger partial charge is 0.481 e. The molecule has 1 aliphatic rings. The lowest BCUT2D eigenvalue weighted by Gasteiger charge is -2.11. The van der Waals surface area contributed by atoms with Gasteiger partial charge in [-0.25, -0.2) is 4.98 Å². The fourth-order valence-electron chi connectivity index (χ4n) is 2.66. The van der Waals surface area contributed by atoms with Gasteiger partial charge >= 0.3 is 5.97 Å². The van der Waals surface area contributed by atoms with Gasteiger partial charge in [-0.05, 0) is 31.7 Å². The lowest BCUT2D eigenvalue weighted by Crippen LogP contribution is -2.23. The summed E-state index contributed by atoms with van der Waals surface area (Å²) in [5, 5.41) is 9.36. The molecule has 0 saturated carbocycles. The molecule has 0 unspecified atom stereocenters. The maximum atomic E-state index is 12.8. The van der Waals surface area contributed by atoms with E-state index in [1.54, 1.807) is 4.57 Å². The number of aromatic nitrogens is 2. The highest BCUT2D eigenvalue weighted by Gasteiger charge is 2.23. The number of aliphatic carboxylic acids is 1. The van der Waals surface area contributed by atoms with Crippen molar-refractivity contribution in [1.29, 1.82) is 0 Å². The first-order valence-electron chi connectivity index (χ1n) is 7.01. The Kier molecular flexibility index (Phi) is 4.10. The summed E-state index contributed by atoms with van der Waals surface area (Å²) in [6.07, 6.45) is 3.06. The summed E-state index contributed by atoms with van der Waals surface area (Å²) in [7, 11) is 0. The molecule has 0 saturated heterocycles. The van der Waals surface area contributed by atoms with Crippen LogP contribution in [0.3, 0.4) is 0 Å². The Morgan fingerprint density at radius 1 is 1.50 bits per heavy atom. The molecule has 0 fully saturated rings. The van der Waals surface area contributed by atoms with E-state index in [0.29, 0.717) is 16.4 Å². The topological polar surface area (TPSA) is 72.2 Å². The van der Waals surface area contributed by atoms with Crippen LogP contribution < -0.4 is 5.56 Å². The number of rotatable bonds is 5. The molecule has 3 rings (SSSR count). The van der Waals surface area contributed by atoms with Crippen molar-refractivity contribution in [3.05, 3.63) is 32.9 Å². The van der Waals surface area contributed by atoms with Crippen LogP contribution in [0.5, 0.6) is 0 Å². The van der Waals surface area contributed by atoms with Crippen molar-refractivity contribution < 1.29 is 9.90 Å². The van der Waals surface area contributed by atoms with Gasteiger partial charge in [-0.1, -0.05) is 23.9 Å². The third-order valence-electron chi connectivity index (χ3n) is 3.52. The maximum Gasteiger partial charge on any atom is 0.313 e. The molecule has 0 bridgehead atoms. The van der Waals surface area contributed by atoms with Crippen molar-refractivity contribution in [2.24, 2.45) is 0 Å². The highest BCUT2D eigenvalue weighted by Crippen LogP contribution is 2.35. The van der Waals surface area contributed by atoms with E-state index in [-0.39, 0.29) is 11.3 Å². The van der Waals surface area contributed by atoms with Gasteiger partial charge in [-0.2, -0.15) is 0 Å². The normalized spacial score (nSPS) is 13.5. The number of hydrogen-bond acceptors (Lipinski definition) is 5. The molecule has 0 aliphatic heterocycles. The number of fused-ring (bicyclic) bond motifs is 3. The summed E-state index contributed by atoms with van der Waals surface area (Å²) in [5.74, 6) is -1.03. The predicted octanol–water partition coefficient (Wildman–Crippen LogP) is 2.70. The maximum absolute atomic E-state index is 12.8. The average Bonchev–Trinajstić information content (AvgIpc) is 3.01. The Hall–Kier alpha value is -1.60. The van der Waals surface area contributed by atoms with Crippen molar-refractivity contribution in [3.63, 3.8) is 0 Å². The quantitative estimate of drug-likeness (QED) is 0.516. The Morgan fingerprint density at radius 3 is 2.95 bits per heavy atom. The molecular weight excluding hydrogens is 320 g/mol. The number of thioether (sulfide) groups is 1. The van der Waals surface area contributed by atoms with Crippen molar-refractivity contribution in [2.75, 3.05) is 5.75 Å². The third-order valence-corrected chi connectivity index (χ3v) is 5.75. The second-order valence-corrected chi connectivity index (χ2v) is 7.51. The molecule has 1 N–H and O–H groups in total. The molecule has 0 spiro atoms. The Labute approximate surface area is 135 Å². The number of aryl methyl sites for hydroxylation is 2. The van der Waals surface area contributed by atoms with Gasteiger partial charge in [-0.3, -0.25) is 14.2 Å². The monoisotopic (exact) mass is 336 g/mol. The van der Waals surface area contributed by atoms with Gasteiger partial charge in [0, 0.05) is 11.4 Å². The lowest BCUT2D eigenvalue weighted by molar-refractivity contribution is -0.133. The van der Waals surface area contributed by atoms with Gasteiger partial charge in [0.05, 0.1) is 11.3 Å². The second kappa shape index (κ2) is 5.89. The van der Waals surface area contributed by atoms with Crippen molar-refractivity contribution in [1.82, 2.24) is 9.55 Å². The summed E-state index contributed by atoms with van der Waals surface area (Å²) in [6, 6.07) is 0. The molecule has 116 valence electrons. The van der Waals surface area contributed by atoms with Crippen LogP contribution in [-0.2, 0) is 24.2 Å². The molecule has 7 heteroatoms. The number of thiophene rings is 1. The van der Waals surface area contributed by atoms with Crippen LogP contribution in [0.4, 0.5) is 0 Å². The van der Waals surface area contributed by atoms with Gasteiger partial charge in [0.2, 0.25) is 0 Å². The van der Waals surface area contributed by atoms with Crippen LogP contribution in [0.25, 0.3) is 10.2 Å². The molecule has 0 aromatic carbocycles. The first-order valence-corrected chi connectivity index (χ1v) is 8.81. The summed E-state index contributed by atoms with van der Waals surface area (Å²) in [6.45, 7) is 6.06. The highest BCUT2D eigenvalue weighted by molar-refractivity contribution is 7.99. The van der Waals surface area contributed by atoms with Gasteiger partial charge in [0.25, 0.3) is 5.56 Å². The van der Waals surface area contributed by atoms with E-state index in [1.165, 1.54) is 21.8 Å². The number of allylic oxidation sites excluding steroid dienone is 1. The van der Waals surface area contributed by atoms with E-state index in [0.717, 1.165) is 42.1 Å². The average molecular weight is 336 g/mol. The fourth-order valence-corrected chi connectivity index (χ4v) is 4.65. The molecule has 22 heavy (non-hydrogen) atoms.